The van der Waals surface area contributed by atoms with Crippen LogP contribution in [0.5, 0.6) is 0 Å². The number of nitrogens with two attached hydrogens (primary N) is 1. The first-order valence-electron chi connectivity index (χ1n) is 4.81. The summed E-state index contributed by atoms with van der Waals surface area (Å²) in [5.74, 6) is -0.959. The molecule has 0 aromatic heterocycles. The first kappa shape index (κ1) is 16.5. The lowest BCUT2D eigenvalue weighted by atomic mass is 10.1. The molecule has 7 nitrogen and oxygen atoms in total. The monoisotopic (exact) mass is 277 g/mol. The van der Waals surface area contributed by atoms with Crippen LogP contribution in [-0.2, 0) is 25.8 Å². The minimum Gasteiger partial charge on any atom is -0.480 e. The lowest BCUT2D eigenvalue weighted by Crippen LogP contribution is -2.32. The first-order chi connectivity index (χ1) is 8.26. The van der Waals surface area contributed by atoms with E-state index < -0.39 is 22.4 Å². The normalized spacial score (nSPS) is 12.2. The largest absolute Gasteiger partial charge is 0.480 e. The predicted octanol–water partition coefficient (Wildman–Crippen LogP) is 0.0766. The van der Waals surface area contributed by atoms with E-state index in [0.29, 0.717) is 6.42 Å². The molecule has 8 heteroatoms. The van der Waals surface area contributed by atoms with Crippen molar-refractivity contribution in [2.24, 2.45) is 5.73 Å². The maximum atomic E-state index is 10.4. The summed E-state index contributed by atoms with van der Waals surface area (Å²) in [4.78, 5) is 10.4. The second-order valence-electron chi connectivity index (χ2n) is 3.23. The van der Waals surface area contributed by atoms with Gasteiger partial charge in [-0.3, -0.25) is 13.5 Å². The van der Waals surface area contributed by atoms with Crippen molar-refractivity contribution in [2.45, 2.75) is 12.5 Å². The zero-order valence-corrected chi connectivity index (χ0v) is 10.5. The highest BCUT2D eigenvalue weighted by Gasteiger charge is 2.10. The minimum atomic E-state index is -4.16. The van der Waals surface area contributed by atoms with E-state index in [0.717, 1.165) is 12.7 Å². The molecule has 0 amide bonds. The van der Waals surface area contributed by atoms with E-state index in [1.165, 1.54) is 0 Å². The zero-order valence-electron chi connectivity index (χ0n) is 9.68. The van der Waals surface area contributed by atoms with Gasteiger partial charge < -0.3 is 10.8 Å². The summed E-state index contributed by atoms with van der Waals surface area (Å²) in [6, 6.07) is 8.54. The lowest BCUT2D eigenvalue weighted by Gasteiger charge is -2.04. The number of carboxylic acid groups (broad SMARTS) is 1. The van der Waals surface area contributed by atoms with E-state index in [1.54, 1.807) is 0 Å². The number of carbonyl (C=O) groups is 1. The van der Waals surface area contributed by atoms with Crippen molar-refractivity contribution in [1.82, 2.24) is 0 Å². The lowest BCUT2D eigenvalue weighted by molar-refractivity contribution is -0.138. The van der Waals surface area contributed by atoms with Gasteiger partial charge in [-0.25, -0.2) is 0 Å². The van der Waals surface area contributed by atoms with Gasteiger partial charge in [0.25, 0.3) is 0 Å². The molecule has 18 heavy (non-hydrogen) atoms. The average molecular weight is 277 g/mol. The summed E-state index contributed by atoms with van der Waals surface area (Å²) >= 11 is 0. The molecule has 1 aromatic carbocycles. The fourth-order valence-electron chi connectivity index (χ4n) is 0.955. The van der Waals surface area contributed by atoms with E-state index in [2.05, 4.69) is 4.18 Å². The molecule has 0 aliphatic rings. The minimum absolute atomic E-state index is 0.385. The Balaban J connectivity index is 0.000000411. The molecule has 1 atom stereocenters. The van der Waals surface area contributed by atoms with Crippen LogP contribution < -0.4 is 5.73 Å². The van der Waals surface area contributed by atoms with Crippen LogP contribution in [0.4, 0.5) is 0 Å². The van der Waals surface area contributed by atoms with Crippen molar-refractivity contribution in [3.8, 4) is 0 Å². The molecule has 0 saturated carbocycles. The molecular formula is C10H15NO6S. The van der Waals surface area contributed by atoms with Gasteiger partial charge in [-0.05, 0) is 12.0 Å². The Labute approximate surface area is 105 Å². The summed E-state index contributed by atoms with van der Waals surface area (Å²) in [5, 5.41) is 8.52. The van der Waals surface area contributed by atoms with Crippen LogP contribution in [0.25, 0.3) is 0 Å². The van der Waals surface area contributed by atoms with E-state index in [-0.39, 0.29) is 0 Å². The summed E-state index contributed by atoms with van der Waals surface area (Å²) in [7, 11) is -3.29. The molecule has 0 bridgehead atoms. The van der Waals surface area contributed by atoms with Crippen molar-refractivity contribution in [1.29, 1.82) is 0 Å². The molecule has 0 aliphatic carbocycles. The van der Waals surface area contributed by atoms with Crippen LogP contribution in [0, 0.1) is 0 Å². The Morgan fingerprint density at radius 3 is 2.17 bits per heavy atom. The van der Waals surface area contributed by atoms with Gasteiger partial charge in [0.1, 0.15) is 6.04 Å². The molecule has 0 aliphatic heterocycles. The van der Waals surface area contributed by atoms with Crippen LogP contribution in [0.3, 0.4) is 0 Å². The van der Waals surface area contributed by atoms with Gasteiger partial charge in [0.05, 0.1) is 7.11 Å². The number of carboxylic acids is 1. The highest BCUT2D eigenvalue weighted by molar-refractivity contribution is 7.80. The molecule has 0 saturated heterocycles. The highest BCUT2D eigenvalue weighted by Crippen LogP contribution is 2.01. The van der Waals surface area contributed by atoms with Gasteiger partial charge >= 0.3 is 16.4 Å². The molecule has 0 spiro atoms. The maximum absolute atomic E-state index is 10.4. The topological polar surface area (TPSA) is 127 Å². The molecule has 1 rings (SSSR count). The number of aliphatic carboxylic acids is 1. The second-order valence-corrected chi connectivity index (χ2v) is 4.42. The van der Waals surface area contributed by atoms with E-state index in [9.17, 15) is 13.2 Å². The van der Waals surface area contributed by atoms with Gasteiger partial charge in [0, 0.05) is 0 Å². The average Bonchev–Trinajstić information content (AvgIpc) is 2.30. The van der Waals surface area contributed by atoms with Crippen molar-refractivity contribution < 1.29 is 27.1 Å². The third-order valence-corrected chi connectivity index (χ3v) is 2.25. The van der Waals surface area contributed by atoms with Crippen LogP contribution in [-0.4, -0.2) is 37.2 Å². The number of rotatable bonds is 4. The van der Waals surface area contributed by atoms with E-state index >= 15 is 0 Å². The van der Waals surface area contributed by atoms with Gasteiger partial charge in [0.15, 0.2) is 0 Å². The van der Waals surface area contributed by atoms with Crippen LogP contribution in [0.1, 0.15) is 5.56 Å². The van der Waals surface area contributed by atoms with Crippen LogP contribution in [0.2, 0.25) is 0 Å². The number of hydrogen-bond donors (Lipinski definition) is 3. The zero-order chi connectivity index (χ0) is 14.2. The molecule has 0 unspecified atom stereocenters. The molecule has 4 N–H and O–H groups in total. The van der Waals surface area contributed by atoms with Crippen molar-refractivity contribution in [3.63, 3.8) is 0 Å². The molecule has 102 valence electrons. The van der Waals surface area contributed by atoms with Gasteiger partial charge in [-0.2, -0.15) is 8.42 Å². The molecule has 0 heterocycles. The smallest absolute Gasteiger partial charge is 0.397 e. The highest BCUT2D eigenvalue weighted by atomic mass is 32.3. The second kappa shape index (κ2) is 7.77. The summed E-state index contributed by atoms with van der Waals surface area (Å²) < 4.78 is 29.7. The summed E-state index contributed by atoms with van der Waals surface area (Å²) in [5.41, 5.74) is 6.30. The van der Waals surface area contributed by atoms with Crippen molar-refractivity contribution in [3.05, 3.63) is 35.9 Å². The fourth-order valence-corrected chi connectivity index (χ4v) is 0.955. The van der Waals surface area contributed by atoms with Crippen LogP contribution in [0.15, 0.2) is 30.3 Å². The van der Waals surface area contributed by atoms with Crippen molar-refractivity contribution >= 4 is 16.4 Å². The molecular weight excluding hydrogens is 262 g/mol. The molecule has 1 aromatic rings. The standard InChI is InChI=1S/C9H11NO2.CH4O4S/c10-8(9(11)12)6-7-4-2-1-3-5-7;1-5-6(2,3)4/h1-5,8H,6,10H2,(H,11,12);1H3,(H,2,3,4)/t8-;/m0./s1. The molecule has 0 radical (unpaired) electrons. The molecule has 0 fully saturated rings. The quantitative estimate of drug-likeness (QED) is 0.665. The van der Waals surface area contributed by atoms with Gasteiger partial charge in [-0.1, -0.05) is 30.3 Å². The summed E-state index contributed by atoms with van der Waals surface area (Å²) in [6.07, 6.45) is 0.385. The maximum Gasteiger partial charge on any atom is 0.397 e. The van der Waals surface area contributed by atoms with Crippen LogP contribution >= 0.6 is 0 Å². The third-order valence-electron chi connectivity index (χ3n) is 1.83. The summed E-state index contributed by atoms with van der Waals surface area (Å²) in [6.45, 7) is 0. The first-order valence-corrected chi connectivity index (χ1v) is 6.18. The van der Waals surface area contributed by atoms with E-state index in [4.69, 9.17) is 15.4 Å². The third kappa shape index (κ3) is 8.65. The van der Waals surface area contributed by atoms with E-state index in [1.807, 2.05) is 30.3 Å². The van der Waals surface area contributed by atoms with Gasteiger partial charge in [-0.15, -0.1) is 0 Å². The Hall–Kier alpha value is -1.48. The Morgan fingerprint density at radius 2 is 1.83 bits per heavy atom. The Morgan fingerprint density at radius 1 is 1.39 bits per heavy atom. The van der Waals surface area contributed by atoms with Crippen molar-refractivity contribution in [2.75, 3.05) is 7.11 Å². The fraction of sp³-hybridized carbons (Fsp3) is 0.300. The number of benzene rings is 1. The Kier molecular flexibility index (Phi) is 7.13. The van der Waals surface area contributed by atoms with Gasteiger partial charge in [0.2, 0.25) is 0 Å². The predicted molar refractivity (Wildman–Crippen MR) is 64.3 cm³/mol. The Bertz CT molecular complexity index is 459. The number of hydrogen-bond acceptors (Lipinski definition) is 5. The SMILES string of the molecule is COS(=O)(=O)O.N[C@@H](Cc1ccccc1)C(=O)O.